The Balaban J connectivity index is 1.28. The Morgan fingerprint density at radius 3 is 0.923 bits per heavy atom. The van der Waals surface area contributed by atoms with Gasteiger partial charge in [-0.1, -0.05) is 428 Å². The Kier molecular flexibility index (Phi) is 72.0. The van der Waals surface area contributed by atoms with E-state index in [1.807, 2.05) is 0 Å². The summed E-state index contributed by atoms with van der Waals surface area (Å²) in [5, 5.41) is 122. The van der Waals surface area contributed by atoms with E-state index in [1.54, 1.807) is 0 Å². The first kappa shape index (κ1) is 109. The molecule has 1 amide bonds. The minimum absolute atomic E-state index is 0.233. The fourth-order valence-electron chi connectivity index (χ4n) is 16.9. The second-order valence-electron chi connectivity index (χ2n) is 35.2. The normalized spacial score (nSPS) is 24.5. The number of rotatable bonds is 82. The molecule has 0 aliphatic carbocycles. The smallest absolute Gasteiger partial charge is 0.220 e. The van der Waals surface area contributed by atoms with Crippen LogP contribution in [0.1, 0.15) is 438 Å². The fraction of sp³-hybridized carbons (Fsp3) is 0.908. The number of carbonyl (C=O) groups is 1. The molecule has 3 aliphatic rings. The van der Waals surface area contributed by atoms with Crippen molar-refractivity contribution in [1.29, 1.82) is 0 Å². The number of unbranched alkanes of at least 4 members (excludes halogenated alkanes) is 58. The molecule has 3 aliphatic heterocycles. The summed E-state index contributed by atoms with van der Waals surface area (Å²) in [7, 11) is 0. The summed E-state index contributed by atoms with van der Waals surface area (Å²) in [5.74, 6) is -0.233. The van der Waals surface area contributed by atoms with Crippen LogP contribution in [0.25, 0.3) is 0 Å². The SMILES string of the molecule is CC/C=C\C/C=C\C/C=C\C/C=C\CCCCCCCCCCCCCCCCCCCCCCCCCCCCC(=O)NC(COC1OC(CO)C(OC2OC(CO)C(OC3OC(CO)C(O)C(O)C3O)C(O)C2O)C(O)C1O)C(O)CCCCCCCCCCCCCCCCCCCCCCCCCCCCCCCCCCC. The zero-order chi connectivity index (χ0) is 84.5. The molecule has 17 atom stereocenters. The van der Waals surface area contributed by atoms with E-state index < -0.39 is 124 Å². The molecule has 0 bridgehead atoms. The van der Waals surface area contributed by atoms with Crippen molar-refractivity contribution >= 4 is 5.91 Å². The van der Waals surface area contributed by atoms with E-state index >= 15 is 0 Å². The van der Waals surface area contributed by atoms with E-state index in [-0.39, 0.29) is 18.9 Å². The quantitative estimate of drug-likeness (QED) is 0.0199. The Bertz CT molecular complexity index is 2290. The molecule has 0 aromatic heterocycles. The summed E-state index contributed by atoms with van der Waals surface area (Å²) < 4.78 is 34.7. The van der Waals surface area contributed by atoms with Crippen molar-refractivity contribution in [3.05, 3.63) is 48.6 Å². The van der Waals surface area contributed by atoms with Gasteiger partial charge in [-0.05, 0) is 51.4 Å². The van der Waals surface area contributed by atoms with Crippen LogP contribution in [0.5, 0.6) is 0 Å². The summed E-state index contributed by atoms with van der Waals surface area (Å²) in [6, 6.07) is -0.888. The lowest BCUT2D eigenvalue weighted by molar-refractivity contribution is -0.379. The first-order valence-electron chi connectivity index (χ1n) is 49.4. The maximum Gasteiger partial charge on any atom is 0.220 e. The van der Waals surface area contributed by atoms with Crippen molar-refractivity contribution in [1.82, 2.24) is 5.32 Å². The van der Waals surface area contributed by atoms with Gasteiger partial charge in [-0.2, -0.15) is 0 Å². The maximum absolute atomic E-state index is 13.6. The molecule has 19 nitrogen and oxygen atoms in total. The van der Waals surface area contributed by atoms with Crippen molar-refractivity contribution in [3.63, 3.8) is 0 Å². The monoisotopic (exact) mass is 1660 g/mol. The molecule has 3 heterocycles. The largest absolute Gasteiger partial charge is 0.394 e. The summed E-state index contributed by atoms with van der Waals surface area (Å²) in [6.07, 6.45) is 75.4. The third-order valence-electron chi connectivity index (χ3n) is 24.7. The Labute approximate surface area is 713 Å². The number of carbonyl (C=O) groups excluding carboxylic acids is 1. The van der Waals surface area contributed by atoms with Gasteiger partial charge in [-0.25, -0.2) is 0 Å². The fourth-order valence-corrected chi connectivity index (χ4v) is 16.9. The number of hydrogen-bond donors (Lipinski definition) is 12. The van der Waals surface area contributed by atoms with Gasteiger partial charge in [0.2, 0.25) is 5.91 Å². The minimum Gasteiger partial charge on any atom is -0.394 e. The number of allylic oxidation sites excluding steroid dienone is 8. The number of hydrogen-bond acceptors (Lipinski definition) is 18. The van der Waals surface area contributed by atoms with Crippen LogP contribution in [0.4, 0.5) is 0 Å². The van der Waals surface area contributed by atoms with E-state index in [1.165, 1.54) is 334 Å². The molecule has 688 valence electrons. The highest BCUT2D eigenvalue weighted by Gasteiger charge is 2.54. The summed E-state index contributed by atoms with van der Waals surface area (Å²) in [5.41, 5.74) is 0. The average Bonchev–Trinajstić information content (AvgIpc) is 0.777. The topological polar surface area (TPSA) is 307 Å². The molecule has 0 aromatic carbocycles. The molecule has 3 saturated heterocycles. The van der Waals surface area contributed by atoms with E-state index in [4.69, 9.17) is 28.4 Å². The van der Waals surface area contributed by atoms with Gasteiger partial charge in [0.25, 0.3) is 0 Å². The molecule has 0 radical (unpaired) electrons. The number of aliphatic hydroxyl groups is 11. The first-order valence-corrected chi connectivity index (χ1v) is 49.4. The molecule has 17 unspecified atom stereocenters. The van der Waals surface area contributed by atoms with Crippen molar-refractivity contribution in [2.24, 2.45) is 0 Å². The van der Waals surface area contributed by atoms with Crippen molar-refractivity contribution in [2.75, 3.05) is 26.4 Å². The van der Waals surface area contributed by atoms with Gasteiger partial charge in [0.05, 0.1) is 38.6 Å². The van der Waals surface area contributed by atoms with Crippen LogP contribution >= 0.6 is 0 Å². The van der Waals surface area contributed by atoms with Crippen LogP contribution in [-0.2, 0) is 33.2 Å². The zero-order valence-corrected chi connectivity index (χ0v) is 74.7. The van der Waals surface area contributed by atoms with Gasteiger partial charge < -0.3 is 89.9 Å². The summed E-state index contributed by atoms with van der Waals surface area (Å²) >= 11 is 0. The van der Waals surface area contributed by atoms with Crippen molar-refractivity contribution in [2.45, 2.75) is 542 Å². The lowest BCUT2D eigenvalue weighted by atomic mass is 9.96. The predicted molar refractivity (Wildman–Crippen MR) is 476 cm³/mol. The highest BCUT2D eigenvalue weighted by molar-refractivity contribution is 5.76. The molecule has 0 aromatic rings. The van der Waals surface area contributed by atoms with Crippen molar-refractivity contribution in [3.8, 4) is 0 Å². The number of amides is 1. The van der Waals surface area contributed by atoms with Crippen LogP contribution in [0.2, 0.25) is 0 Å². The van der Waals surface area contributed by atoms with Crippen LogP contribution < -0.4 is 5.32 Å². The molecule has 3 fully saturated rings. The van der Waals surface area contributed by atoms with Crippen LogP contribution in [0.15, 0.2) is 48.6 Å². The molecule has 19 heteroatoms. The molecule has 3 rings (SSSR count). The molecule has 117 heavy (non-hydrogen) atoms. The van der Waals surface area contributed by atoms with Gasteiger partial charge in [-0.15, -0.1) is 0 Å². The Hall–Kier alpha value is -2.25. The lowest BCUT2D eigenvalue weighted by Gasteiger charge is -2.48. The Morgan fingerprint density at radius 2 is 0.590 bits per heavy atom. The van der Waals surface area contributed by atoms with E-state index in [2.05, 4.69) is 67.8 Å². The third-order valence-corrected chi connectivity index (χ3v) is 24.7. The van der Waals surface area contributed by atoms with Gasteiger partial charge in [0, 0.05) is 6.42 Å². The van der Waals surface area contributed by atoms with Crippen molar-refractivity contribution < 1.29 is 89.4 Å². The molecular weight excluding hydrogens is 1480 g/mol. The second-order valence-corrected chi connectivity index (χ2v) is 35.2. The van der Waals surface area contributed by atoms with E-state index in [9.17, 15) is 61.0 Å². The van der Waals surface area contributed by atoms with Gasteiger partial charge in [0.1, 0.15) is 73.2 Å². The predicted octanol–water partition coefficient (Wildman–Crippen LogP) is 20.3. The number of aliphatic hydroxyl groups excluding tert-OH is 11. The highest BCUT2D eigenvalue weighted by atomic mass is 16.8. The standard InChI is InChI=1S/C98H183NO18/c1-3-5-7-9-11-13-15-17-19-21-23-25-27-29-31-33-35-37-38-39-40-41-42-44-46-48-50-52-54-56-58-60-62-64-66-68-70-72-74-76-86(104)99-81(82(103)75-73-71-69-67-65-63-61-59-57-55-53-51-49-47-45-43-36-34-32-30-28-26-24-22-20-18-16-14-12-10-8-6-4-2)80-112-96-92(110)89(107)94(84(78-101)114-96)117-98-93(111)90(108)95(85(79-102)115-98)116-97-91(109)88(106)87(105)83(77-100)113-97/h5,7,11,13,17,19,23,25,81-85,87-98,100-103,105-111H,3-4,6,8-10,12,14-16,18,20-22,24,26-80H2,1-2H3,(H,99,104)/b7-5-,13-11-,19-17-,25-23-. The number of nitrogens with one attached hydrogen (secondary N) is 1. The van der Waals surface area contributed by atoms with Gasteiger partial charge >= 0.3 is 0 Å². The third kappa shape index (κ3) is 55.0. The summed E-state index contributed by atoms with van der Waals surface area (Å²) in [4.78, 5) is 13.6. The van der Waals surface area contributed by atoms with Gasteiger partial charge in [-0.3, -0.25) is 4.79 Å². The molecule has 0 spiro atoms. The van der Waals surface area contributed by atoms with Gasteiger partial charge in [0.15, 0.2) is 18.9 Å². The molecule has 0 saturated carbocycles. The van der Waals surface area contributed by atoms with Crippen LogP contribution in [0.3, 0.4) is 0 Å². The zero-order valence-electron chi connectivity index (χ0n) is 74.7. The van der Waals surface area contributed by atoms with E-state index in [0.717, 1.165) is 70.6 Å². The lowest BCUT2D eigenvalue weighted by Crippen LogP contribution is -2.66. The highest BCUT2D eigenvalue weighted by Crippen LogP contribution is 2.34. The van der Waals surface area contributed by atoms with E-state index in [0.29, 0.717) is 12.8 Å². The molecular formula is C98H183NO18. The minimum atomic E-state index is -1.97. The second kappa shape index (κ2) is 77.3. The first-order chi connectivity index (χ1) is 57.3. The average molecular weight is 1660 g/mol. The molecule has 12 N–H and O–H groups in total. The maximum atomic E-state index is 13.6. The Morgan fingerprint density at radius 1 is 0.316 bits per heavy atom. The number of ether oxygens (including phenoxy) is 6. The van der Waals surface area contributed by atoms with Crippen LogP contribution in [-0.4, -0.2) is 193 Å². The summed E-state index contributed by atoms with van der Waals surface area (Å²) in [6.45, 7) is 1.77. The van der Waals surface area contributed by atoms with Crippen LogP contribution in [0, 0.1) is 0 Å².